The fraction of sp³-hybridized carbons (Fsp3) is 0.296. The minimum atomic E-state index is -0.544. The highest BCUT2D eigenvalue weighted by Crippen LogP contribution is 2.34. The molecule has 9 heteroatoms. The number of carbonyl (C=O) groups is 1. The van der Waals surface area contributed by atoms with Crippen LogP contribution in [0.3, 0.4) is 0 Å². The summed E-state index contributed by atoms with van der Waals surface area (Å²) >= 11 is 0. The highest BCUT2D eigenvalue weighted by atomic mass is 19.1. The number of aromatic hydroxyl groups is 1. The molecular formula is C27H26F2N2O5. The Morgan fingerprint density at radius 1 is 1.11 bits per heavy atom. The third kappa shape index (κ3) is 5.45. The van der Waals surface area contributed by atoms with E-state index in [1.54, 1.807) is 19.1 Å². The molecule has 7 nitrogen and oxygen atoms in total. The number of ether oxygens (including phenoxy) is 2. The molecule has 0 atom stereocenters. The first-order valence-electron chi connectivity index (χ1n) is 11.5. The first-order chi connectivity index (χ1) is 17.3. The third-order valence-electron chi connectivity index (χ3n) is 5.80. The van der Waals surface area contributed by atoms with Crippen molar-refractivity contribution in [2.45, 2.75) is 40.0 Å². The first kappa shape index (κ1) is 25.1. The second-order valence-corrected chi connectivity index (χ2v) is 8.53. The highest BCUT2D eigenvalue weighted by Gasteiger charge is 2.21. The van der Waals surface area contributed by atoms with Crippen LogP contribution in [0.2, 0.25) is 0 Å². The monoisotopic (exact) mass is 496 g/mol. The standard InChI is InChI=1S/C27H26F2N2O5/c1-4-9-34-19-6-7-22(28)21(13-19)27-23(32)8-5-17(30-27)11-20-15(2)10-24(26(29)16(20)3)35-14-18-12-25(33)36-31-18/h5-8,10,13,32H,4,9,11-12,14H2,1-3H3. The van der Waals surface area contributed by atoms with Crippen LogP contribution >= 0.6 is 0 Å². The number of halogens is 2. The van der Waals surface area contributed by atoms with Gasteiger partial charge in [0, 0.05) is 17.7 Å². The second kappa shape index (κ2) is 10.7. The Balaban J connectivity index is 1.59. The van der Waals surface area contributed by atoms with Crippen LogP contribution in [0, 0.1) is 25.5 Å². The molecule has 2 heterocycles. The van der Waals surface area contributed by atoms with Crippen molar-refractivity contribution in [3.8, 4) is 28.5 Å². The average Bonchev–Trinajstić information content (AvgIpc) is 3.28. The lowest BCUT2D eigenvalue weighted by Gasteiger charge is -2.16. The quantitative estimate of drug-likeness (QED) is 0.399. The molecule has 2 aromatic carbocycles. The Morgan fingerprint density at radius 2 is 1.92 bits per heavy atom. The van der Waals surface area contributed by atoms with E-state index in [1.165, 1.54) is 24.3 Å². The predicted octanol–water partition coefficient (Wildman–Crippen LogP) is 5.41. The van der Waals surface area contributed by atoms with Crippen LogP contribution in [-0.2, 0) is 16.1 Å². The van der Waals surface area contributed by atoms with E-state index in [-0.39, 0.29) is 42.2 Å². The Hall–Kier alpha value is -4.01. The number of pyridine rings is 1. The van der Waals surface area contributed by atoms with Gasteiger partial charge in [-0.05, 0) is 73.4 Å². The molecule has 4 rings (SSSR count). The number of aryl methyl sites for hydroxylation is 1. The molecule has 0 unspecified atom stereocenters. The van der Waals surface area contributed by atoms with Crippen molar-refractivity contribution < 1.29 is 33.0 Å². The number of hydrogen-bond acceptors (Lipinski definition) is 7. The van der Waals surface area contributed by atoms with Crippen LogP contribution in [0.5, 0.6) is 17.2 Å². The smallest absolute Gasteiger partial charge is 0.340 e. The molecule has 0 saturated heterocycles. The van der Waals surface area contributed by atoms with Crippen molar-refractivity contribution in [3.63, 3.8) is 0 Å². The summed E-state index contributed by atoms with van der Waals surface area (Å²) in [7, 11) is 0. The largest absolute Gasteiger partial charge is 0.506 e. The molecule has 0 fully saturated rings. The normalized spacial score (nSPS) is 12.9. The first-order valence-corrected chi connectivity index (χ1v) is 11.5. The van der Waals surface area contributed by atoms with Crippen molar-refractivity contribution >= 4 is 11.7 Å². The number of rotatable bonds is 9. The summed E-state index contributed by atoms with van der Waals surface area (Å²) in [5.74, 6) is -1.21. The van der Waals surface area contributed by atoms with Gasteiger partial charge in [-0.2, -0.15) is 0 Å². The zero-order valence-corrected chi connectivity index (χ0v) is 20.2. The number of oxime groups is 1. The summed E-state index contributed by atoms with van der Waals surface area (Å²) in [6, 6.07) is 8.94. The zero-order chi connectivity index (χ0) is 25.8. The number of hydrogen-bond donors (Lipinski definition) is 1. The van der Waals surface area contributed by atoms with Crippen LogP contribution in [0.1, 0.15) is 42.1 Å². The molecule has 188 valence electrons. The summed E-state index contributed by atoms with van der Waals surface area (Å²) in [5, 5.41) is 14.0. The van der Waals surface area contributed by atoms with Gasteiger partial charge in [-0.15, -0.1) is 0 Å². The van der Waals surface area contributed by atoms with Gasteiger partial charge in [-0.1, -0.05) is 12.1 Å². The fourth-order valence-corrected chi connectivity index (χ4v) is 3.89. The van der Waals surface area contributed by atoms with Gasteiger partial charge in [0.05, 0.1) is 13.0 Å². The topological polar surface area (TPSA) is 90.2 Å². The summed E-state index contributed by atoms with van der Waals surface area (Å²) in [6.07, 6.45) is 1.07. The number of nitrogens with zero attached hydrogens (tertiary/aromatic N) is 2. The van der Waals surface area contributed by atoms with E-state index in [2.05, 4.69) is 15.0 Å². The lowest BCUT2D eigenvalue weighted by molar-refractivity contribution is -0.140. The minimum Gasteiger partial charge on any atom is -0.506 e. The van der Waals surface area contributed by atoms with Gasteiger partial charge in [0.25, 0.3) is 0 Å². The van der Waals surface area contributed by atoms with Crippen molar-refractivity contribution in [1.82, 2.24) is 4.98 Å². The van der Waals surface area contributed by atoms with Crippen molar-refractivity contribution in [3.05, 3.63) is 70.4 Å². The zero-order valence-electron chi connectivity index (χ0n) is 20.2. The molecule has 0 saturated carbocycles. The second-order valence-electron chi connectivity index (χ2n) is 8.53. The SMILES string of the molecule is CCCOc1ccc(F)c(-c2nc(Cc3c(C)cc(OCC4=NOC(=O)C4)c(F)c3C)ccc2O)c1. The molecule has 0 spiro atoms. The van der Waals surface area contributed by atoms with Gasteiger partial charge in [0.2, 0.25) is 0 Å². The fourth-order valence-electron chi connectivity index (χ4n) is 3.89. The maximum atomic E-state index is 15.1. The van der Waals surface area contributed by atoms with Gasteiger partial charge in [-0.3, -0.25) is 0 Å². The molecule has 0 aliphatic carbocycles. The van der Waals surface area contributed by atoms with Crippen LogP contribution < -0.4 is 9.47 Å². The molecule has 1 N–H and O–H groups in total. The van der Waals surface area contributed by atoms with Gasteiger partial charge >= 0.3 is 5.97 Å². The maximum Gasteiger partial charge on any atom is 0.340 e. The number of carbonyl (C=O) groups excluding carboxylic acids is 1. The highest BCUT2D eigenvalue weighted by molar-refractivity contribution is 6.02. The van der Waals surface area contributed by atoms with Gasteiger partial charge in [0.15, 0.2) is 11.6 Å². The van der Waals surface area contributed by atoms with E-state index in [0.717, 1.165) is 12.0 Å². The van der Waals surface area contributed by atoms with Gasteiger partial charge in [0.1, 0.15) is 35.3 Å². The molecule has 36 heavy (non-hydrogen) atoms. The molecule has 1 aliphatic rings. The van der Waals surface area contributed by atoms with E-state index in [1.807, 2.05) is 13.8 Å². The van der Waals surface area contributed by atoms with Crippen molar-refractivity contribution in [1.29, 1.82) is 0 Å². The summed E-state index contributed by atoms with van der Waals surface area (Å²) in [6.45, 7) is 5.85. The number of benzene rings is 2. The summed E-state index contributed by atoms with van der Waals surface area (Å²) < 4.78 is 40.9. The molecular weight excluding hydrogens is 470 g/mol. The van der Waals surface area contributed by atoms with Gasteiger partial charge < -0.3 is 19.4 Å². The average molecular weight is 497 g/mol. The lowest BCUT2D eigenvalue weighted by Crippen LogP contribution is -2.12. The van der Waals surface area contributed by atoms with E-state index in [4.69, 9.17) is 9.47 Å². The van der Waals surface area contributed by atoms with E-state index in [9.17, 15) is 14.3 Å². The Bertz CT molecular complexity index is 1340. The molecule has 0 bridgehead atoms. The van der Waals surface area contributed by atoms with E-state index in [0.29, 0.717) is 34.9 Å². The molecule has 0 amide bonds. The molecule has 1 aliphatic heterocycles. The Morgan fingerprint density at radius 3 is 2.64 bits per heavy atom. The lowest BCUT2D eigenvalue weighted by atomic mass is 9.96. The maximum absolute atomic E-state index is 15.1. The van der Waals surface area contributed by atoms with Gasteiger partial charge in [-0.25, -0.2) is 18.6 Å². The predicted molar refractivity (Wildman–Crippen MR) is 129 cm³/mol. The molecule has 1 aromatic heterocycles. The van der Waals surface area contributed by atoms with Crippen LogP contribution in [0.15, 0.2) is 41.6 Å². The van der Waals surface area contributed by atoms with Crippen molar-refractivity contribution in [2.75, 3.05) is 13.2 Å². The van der Waals surface area contributed by atoms with E-state index >= 15 is 4.39 Å². The Labute approximate surface area is 207 Å². The summed E-state index contributed by atoms with van der Waals surface area (Å²) in [4.78, 5) is 20.2. The van der Waals surface area contributed by atoms with Crippen molar-refractivity contribution in [2.24, 2.45) is 5.16 Å². The Kier molecular flexibility index (Phi) is 7.47. The van der Waals surface area contributed by atoms with Crippen LogP contribution in [-0.4, -0.2) is 35.0 Å². The number of aromatic nitrogens is 1. The minimum absolute atomic E-state index is 0.0146. The molecule has 3 aromatic rings. The van der Waals surface area contributed by atoms with Crippen LogP contribution in [0.4, 0.5) is 8.78 Å². The van der Waals surface area contributed by atoms with E-state index < -0.39 is 17.6 Å². The molecule has 0 radical (unpaired) electrons. The third-order valence-corrected chi connectivity index (χ3v) is 5.80. The summed E-state index contributed by atoms with van der Waals surface area (Å²) in [5.41, 5.74) is 2.94. The van der Waals surface area contributed by atoms with Crippen LogP contribution in [0.25, 0.3) is 11.3 Å².